The lowest BCUT2D eigenvalue weighted by Gasteiger charge is -2.22. The molecule has 1 atom stereocenters. The minimum atomic E-state index is -0.383. The lowest BCUT2D eigenvalue weighted by molar-refractivity contribution is -0.200. The standard InChI is InChI=1S/C16H16ClN5O3/c17-12-5-4-10-7-11(16-18-20-21-22(16)13(10)9-12)8-14(23)19-25-15-3-1-2-6-24-15/h4-5,7,9,15H,1-3,6,8H2,(H,19,23). The maximum Gasteiger partial charge on any atom is 0.248 e. The molecule has 8 nitrogen and oxygen atoms in total. The Morgan fingerprint density at radius 2 is 2.32 bits per heavy atom. The number of amides is 1. The third kappa shape index (κ3) is 3.41. The number of hydrogen-bond acceptors (Lipinski definition) is 6. The van der Waals surface area contributed by atoms with Crippen LogP contribution >= 0.6 is 11.6 Å². The van der Waals surface area contributed by atoms with Crippen LogP contribution in [0.5, 0.6) is 0 Å². The average Bonchev–Trinajstić information content (AvgIpc) is 3.12. The van der Waals surface area contributed by atoms with Crippen LogP contribution in [0.4, 0.5) is 0 Å². The molecular formula is C16H16ClN5O3. The number of ether oxygens (including phenoxy) is 1. The summed E-state index contributed by atoms with van der Waals surface area (Å²) in [5, 5.41) is 13.2. The lowest BCUT2D eigenvalue weighted by Crippen LogP contribution is -2.34. The van der Waals surface area contributed by atoms with E-state index in [1.54, 1.807) is 16.6 Å². The predicted octanol–water partition coefficient (Wildman–Crippen LogP) is 2.05. The van der Waals surface area contributed by atoms with Crippen LogP contribution in [0.3, 0.4) is 0 Å². The number of hydrogen-bond donors (Lipinski definition) is 1. The molecule has 130 valence electrons. The Morgan fingerprint density at radius 3 is 3.16 bits per heavy atom. The van der Waals surface area contributed by atoms with Crippen LogP contribution in [0.2, 0.25) is 5.02 Å². The molecule has 3 aromatic rings. The van der Waals surface area contributed by atoms with Gasteiger partial charge in [-0.1, -0.05) is 17.7 Å². The number of hydroxylamine groups is 1. The Kier molecular flexibility index (Phi) is 4.48. The smallest absolute Gasteiger partial charge is 0.248 e. The number of pyridine rings is 1. The van der Waals surface area contributed by atoms with Gasteiger partial charge in [-0.15, -0.1) is 5.10 Å². The van der Waals surface area contributed by atoms with Gasteiger partial charge >= 0.3 is 0 Å². The molecule has 3 heterocycles. The van der Waals surface area contributed by atoms with Crippen molar-refractivity contribution in [3.8, 4) is 0 Å². The van der Waals surface area contributed by atoms with E-state index < -0.39 is 0 Å². The normalized spacial score (nSPS) is 17.9. The number of benzene rings is 1. The zero-order valence-corrected chi connectivity index (χ0v) is 14.1. The van der Waals surface area contributed by atoms with E-state index in [-0.39, 0.29) is 18.6 Å². The predicted molar refractivity (Wildman–Crippen MR) is 89.8 cm³/mol. The molecule has 1 aliphatic rings. The van der Waals surface area contributed by atoms with Crippen molar-refractivity contribution < 1.29 is 14.4 Å². The highest BCUT2D eigenvalue weighted by Gasteiger charge is 2.17. The fraction of sp³-hybridized carbons (Fsp3) is 0.375. The number of rotatable bonds is 4. The molecule has 9 heteroatoms. The zero-order chi connectivity index (χ0) is 17.2. The van der Waals surface area contributed by atoms with E-state index in [2.05, 4.69) is 21.0 Å². The Labute approximate surface area is 148 Å². The molecule has 1 fully saturated rings. The van der Waals surface area contributed by atoms with Crippen molar-refractivity contribution in [2.24, 2.45) is 0 Å². The summed E-state index contributed by atoms with van der Waals surface area (Å²) >= 11 is 6.05. The van der Waals surface area contributed by atoms with Gasteiger partial charge in [0.15, 0.2) is 11.9 Å². The molecule has 0 radical (unpaired) electrons. The first-order chi connectivity index (χ1) is 12.2. The third-order valence-corrected chi connectivity index (χ3v) is 4.34. The summed E-state index contributed by atoms with van der Waals surface area (Å²) in [6.07, 6.45) is 2.53. The lowest BCUT2D eigenvalue weighted by atomic mass is 10.1. The summed E-state index contributed by atoms with van der Waals surface area (Å²) in [4.78, 5) is 17.5. The van der Waals surface area contributed by atoms with Gasteiger partial charge in [-0.3, -0.25) is 4.79 Å². The highest BCUT2D eigenvalue weighted by molar-refractivity contribution is 6.31. The Bertz CT molecular complexity index is 923. The van der Waals surface area contributed by atoms with Gasteiger partial charge in [0.05, 0.1) is 11.9 Å². The van der Waals surface area contributed by atoms with Crippen LogP contribution in [0, 0.1) is 0 Å². The van der Waals surface area contributed by atoms with E-state index in [0.29, 0.717) is 22.8 Å². The fourth-order valence-electron chi connectivity index (χ4n) is 2.90. The summed E-state index contributed by atoms with van der Waals surface area (Å²) in [6, 6.07) is 7.32. The van der Waals surface area contributed by atoms with E-state index >= 15 is 0 Å². The summed E-state index contributed by atoms with van der Waals surface area (Å²) in [6.45, 7) is 0.653. The zero-order valence-electron chi connectivity index (χ0n) is 13.3. The van der Waals surface area contributed by atoms with Crippen LogP contribution in [-0.2, 0) is 20.8 Å². The van der Waals surface area contributed by atoms with Crippen LogP contribution in [0.15, 0.2) is 24.3 Å². The number of fused-ring (bicyclic) bond motifs is 3. The van der Waals surface area contributed by atoms with Gasteiger partial charge in [0.1, 0.15) is 0 Å². The first-order valence-corrected chi connectivity index (χ1v) is 8.44. The maximum absolute atomic E-state index is 12.2. The largest absolute Gasteiger partial charge is 0.350 e. The number of nitrogens with zero attached hydrogens (tertiary/aromatic N) is 4. The van der Waals surface area contributed by atoms with Crippen LogP contribution in [0.1, 0.15) is 24.8 Å². The van der Waals surface area contributed by atoms with Crippen molar-refractivity contribution in [2.45, 2.75) is 32.0 Å². The van der Waals surface area contributed by atoms with E-state index in [0.717, 1.165) is 30.2 Å². The van der Waals surface area contributed by atoms with Crippen molar-refractivity contribution in [3.63, 3.8) is 0 Å². The molecule has 1 saturated heterocycles. The minimum Gasteiger partial charge on any atom is -0.350 e. The molecule has 1 aliphatic heterocycles. The Hall–Kier alpha value is -2.29. The molecule has 2 aromatic heterocycles. The molecule has 0 aliphatic carbocycles. The van der Waals surface area contributed by atoms with Crippen LogP contribution < -0.4 is 5.48 Å². The fourth-order valence-corrected chi connectivity index (χ4v) is 3.07. The summed E-state index contributed by atoms with van der Waals surface area (Å²) < 4.78 is 7.00. The number of nitrogens with one attached hydrogen (secondary N) is 1. The molecule has 1 N–H and O–H groups in total. The molecule has 4 rings (SSSR count). The van der Waals surface area contributed by atoms with Crippen LogP contribution in [0.25, 0.3) is 16.6 Å². The van der Waals surface area contributed by atoms with Crippen molar-refractivity contribution >= 4 is 34.1 Å². The van der Waals surface area contributed by atoms with Crippen molar-refractivity contribution in [2.75, 3.05) is 6.61 Å². The van der Waals surface area contributed by atoms with Crippen molar-refractivity contribution in [1.29, 1.82) is 0 Å². The highest BCUT2D eigenvalue weighted by Crippen LogP contribution is 2.23. The van der Waals surface area contributed by atoms with Gasteiger partial charge in [0, 0.05) is 29.0 Å². The quantitative estimate of drug-likeness (QED) is 0.715. The summed E-state index contributed by atoms with van der Waals surface area (Å²) in [7, 11) is 0. The molecule has 0 saturated carbocycles. The molecule has 1 amide bonds. The maximum atomic E-state index is 12.2. The summed E-state index contributed by atoms with van der Waals surface area (Å²) in [5.41, 5.74) is 4.45. The molecule has 0 bridgehead atoms. The number of aromatic nitrogens is 4. The average molecular weight is 362 g/mol. The van der Waals surface area contributed by atoms with Gasteiger partial charge in [0.2, 0.25) is 5.91 Å². The molecule has 1 aromatic carbocycles. The van der Waals surface area contributed by atoms with Crippen LogP contribution in [-0.4, -0.2) is 38.8 Å². The number of halogens is 1. The van der Waals surface area contributed by atoms with Gasteiger partial charge in [-0.2, -0.15) is 4.52 Å². The first-order valence-electron chi connectivity index (χ1n) is 8.06. The number of carbonyl (C=O) groups excluding carboxylic acids is 1. The van der Waals surface area contributed by atoms with Gasteiger partial charge in [-0.05, 0) is 41.5 Å². The second-order valence-corrected chi connectivity index (χ2v) is 6.34. The van der Waals surface area contributed by atoms with Gasteiger partial charge in [-0.25, -0.2) is 10.3 Å². The van der Waals surface area contributed by atoms with Gasteiger partial charge in [0.25, 0.3) is 0 Å². The van der Waals surface area contributed by atoms with Gasteiger partial charge < -0.3 is 4.74 Å². The SMILES string of the molecule is O=C(Cc1cc2ccc(Cl)cc2n2nnnc12)NOC1CCCCO1. The topological polar surface area (TPSA) is 90.6 Å². The molecular weight excluding hydrogens is 346 g/mol. The van der Waals surface area contributed by atoms with Crippen molar-refractivity contribution in [3.05, 3.63) is 34.9 Å². The minimum absolute atomic E-state index is 0.0924. The second kappa shape index (κ2) is 6.91. The molecule has 25 heavy (non-hydrogen) atoms. The number of carbonyl (C=O) groups is 1. The Morgan fingerprint density at radius 1 is 1.40 bits per heavy atom. The van der Waals surface area contributed by atoms with E-state index in [1.165, 1.54) is 0 Å². The highest BCUT2D eigenvalue weighted by atomic mass is 35.5. The number of tetrazole rings is 1. The third-order valence-electron chi connectivity index (χ3n) is 4.10. The van der Waals surface area contributed by atoms with E-state index in [4.69, 9.17) is 21.2 Å². The van der Waals surface area contributed by atoms with E-state index in [1.807, 2.05) is 12.1 Å². The molecule has 1 unspecified atom stereocenters. The van der Waals surface area contributed by atoms with E-state index in [9.17, 15) is 4.79 Å². The monoisotopic (exact) mass is 361 g/mol. The van der Waals surface area contributed by atoms with Crippen molar-refractivity contribution in [1.82, 2.24) is 25.5 Å². The second-order valence-electron chi connectivity index (χ2n) is 5.90. The Balaban J connectivity index is 1.54. The first kappa shape index (κ1) is 16.2. The molecule has 0 spiro atoms. The summed E-state index contributed by atoms with van der Waals surface area (Å²) in [5.74, 6) is -0.285.